The second-order valence-electron chi connectivity index (χ2n) is 4.48. The fourth-order valence-corrected chi connectivity index (χ4v) is 2.82. The molecule has 0 aliphatic carbocycles. The second-order valence-corrected chi connectivity index (χ2v) is 6.63. The van der Waals surface area contributed by atoms with Crippen molar-refractivity contribution in [2.24, 2.45) is 0 Å². The molecule has 0 atom stereocenters. The molecule has 6 nitrogen and oxygen atoms in total. The number of nitrogens with zero attached hydrogens (tertiary/aromatic N) is 3. The van der Waals surface area contributed by atoms with E-state index in [0.717, 1.165) is 6.54 Å². The summed E-state index contributed by atoms with van der Waals surface area (Å²) in [5.41, 5.74) is 0. The Balaban J connectivity index is 2.43. The van der Waals surface area contributed by atoms with Crippen LogP contribution in [0.1, 0.15) is 13.3 Å². The summed E-state index contributed by atoms with van der Waals surface area (Å²) in [7, 11) is -0.203. The molecule has 0 spiro atoms. The molecule has 0 N–H and O–H groups in total. The van der Waals surface area contributed by atoms with Crippen molar-refractivity contribution in [2.75, 3.05) is 46.8 Å². The Morgan fingerprint density at radius 1 is 1.18 bits per heavy atom. The van der Waals surface area contributed by atoms with Crippen LogP contribution < -0.4 is 0 Å². The van der Waals surface area contributed by atoms with Gasteiger partial charge in [0.25, 0.3) is 10.2 Å². The second kappa shape index (κ2) is 5.90. The van der Waals surface area contributed by atoms with Gasteiger partial charge >= 0.3 is 0 Å². The van der Waals surface area contributed by atoms with E-state index in [-0.39, 0.29) is 5.78 Å². The Kier molecular flexibility index (Phi) is 5.05. The minimum atomic E-state index is -3.28. The Morgan fingerprint density at radius 3 is 2.12 bits per heavy atom. The van der Waals surface area contributed by atoms with Crippen molar-refractivity contribution in [3.63, 3.8) is 0 Å². The first kappa shape index (κ1) is 14.6. The van der Waals surface area contributed by atoms with Crippen LogP contribution in [-0.2, 0) is 15.0 Å². The number of piperazine rings is 1. The number of carbonyl (C=O) groups is 1. The Labute approximate surface area is 103 Å². The van der Waals surface area contributed by atoms with Gasteiger partial charge in [0, 0.05) is 53.2 Å². The lowest BCUT2D eigenvalue weighted by Crippen LogP contribution is -2.51. The molecule has 1 saturated heterocycles. The van der Waals surface area contributed by atoms with Crippen molar-refractivity contribution in [2.45, 2.75) is 13.3 Å². The van der Waals surface area contributed by atoms with Crippen LogP contribution in [0.3, 0.4) is 0 Å². The molecule has 0 bridgehead atoms. The summed E-state index contributed by atoms with van der Waals surface area (Å²) in [6.45, 7) is 4.69. The van der Waals surface area contributed by atoms with Crippen molar-refractivity contribution in [3.8, 4) is 0 Å². The maximum Gasteiger partial charge on any atom is 0.281 e. The molecule has 0 unspecified atom stereocenters. The zero-order valence-electron chi connectivity index (χ0n) is 10.7. The van der Waals surface area contributed by atoms with E-state index in [1.807, 2.05) is 0 Å². The van der Waals surface area contributed by atoms with Crippen molar-refractivity contribution in [1.82, 2.24) is 13.5 Å². The number of ketones is 1. The summed E-state index contributed by atoms with van der Waals surface area (Å²) in [6, 6.07) is 0. The Morgan fingerprint density at radius 2 is 1.71 bits per heavy atom. The number of rotatable bonds is 5. The summed E-state index contributed by atoms with van der Waals surface area (Å²) >= 11 is 0. The SMILES string of the molecule is CC(=O)CCN1CCN(S(=O)(=O)N(C)C)CC1. The zero-order chi connectivity index (χ0) is 13.1. The molecule has 0 aromatic rings. The third-order valence-electron chi connectivity index (χ3n) is 2.90. The highest BCUT2D eigenvalue weighted by atomic mass is 32.2. The molecule has 1 aliphatic heterocycles. The van der Waals surface area contributed by atoms with Crippen LogP contribution in [-0.4, -0.2) is 74.5 Å². The largest absolute Gasteiger partial charge is 0.300 e. The van der Waals surface area contributed by atoms with Crippen LogP contribution in [0.5, 0.6) is 0 Å². The fraction of sp³-hybridized carbons (Fsp3) is 0.900. The lowest BCUT2D eigenvalue weighted by Gasteiger charge is -2.34. The molecule has 0 radical (unpaired) electrons. The smallest absolute Gasteiger partial charge is 0.281 e. The predicted molar refractivity (Wildman–Crippen MR) is 65.9 cm³/mol. The zero-order valence-corrected chi connectivity index (χ0v) is 11.5. The number of hydrogen-bond donors (Lipinski definition) is 0. The third kappa shape index (κ3) is 4.02. The molecule has 0 aromatic carbocycles. The van der Waals surface area contributed by atoms with Gasteiger partial charge in [0.2, 0.25) is 0 Å². The predicted octanol–water partition coefficient (Wildman–Crippen LogP) is -0.610. The number of hydrogen-bond acceptors (Lipinski definition) is 4. The first-order valence-electron chi connectivity index (χ1n) is 5.73. The maximum atomic E-state index is 11.8. The van der Waals surface area contributed by atoms with Gasteiger partial charge in [-0.2, -0.15) is 17.0 Å². The quantitative estimate of drug-likeness (QED) is 0.664. The van der Waals surface area contributed by atoms with Crippen LogP contribution in [0.15, 0.2) is 0 Å². The Bertz CT molecular complexity index is 359. The van der Waals surface area contributed by atoms with Crippen LogP contribution in [0.2, 0.25) is 0 Å². The summed E-state index contributed by atoms with van der Waals surface area (Å²) in [6.07, 6.45) is 0.542. The van der Waals surface area contributed by atoms with Crippen molar-refractivity contribution in [1.29, 1.82) is 0 Å². The van der Waals surface area contributed by atoms with Gasteiger partial charge < -0.3 is 4.90 Å². The highest BCUT2D eigenvalue weighted by Gasteiger charge is 2.28. The van der Waals surface area contributed by atoms with E-state index in [4.69, 9.17) is 0 Å². The maximum absolute atomic E-state index is 11.8. The van der Waals surface area contributed by atoms with E-state index in [0.29, 0.717) is 32.6 Å². The molecular formula is C10H21N3O3S. The number of carbonyl (C=O) groups excluding carboxylic acids is 1. The lowest BCUT2D eigenvalue weighted by atomic mass is 10.2. The molecular weight excluding hydrogens is 242 g/mol. The van der Waals surface area contributed by atoms with Gasteiger partial charge in [0.15, 0.2) is 0 Å². The standard InChI is InChI=1S/C10H21N3O3S/c1-10(14)4-5-12-6-8-13(9-7-12)17(15,16)11(2)3/h4-9H2,1-3H3. The van der Waals surface area contributed by atoms with Gasteiger partial charge in [0.05, 0.1) is 0 Å². The molecule has 7 heteroatoms. The van der Waals surface area contributed by atoms with E-state index in [1.165, 1.54) is 22.7 Å². The third-order valence-corrected chi connectivity index (χ3v) is 4.84. The minimum Gasteiger partial charge on any atom is -0.300 e. The van der Waals surface area contributed by atoms with Crippen LogP contribution >= 0.6 is 0 Å². The summed E-state index contributed by atoms with van der Waals surface area (Å²) in [5.74, 6) is 0.174. The molecule has 0 amide bonds. The average molecular weight is 263 g/mol. The van der Waals surface area contributed by atoms with E-state index in [2.05, 4.69) is 4.90 Å². The fourth-order valence-electron chi connectivity index (χ4n) is 1.73. The minimum absolute atomic E-state index is 0.174. The van der Waals surface area contributed by atoms with Crippen LogP contribution in [0.25, 0.3) is 0 Å². The first-order valence-corrected chi connectivity index (χ1v) is 7.13. The Hall–Kier alpha value is -0.500. The van der Waals surface area contributed by atoms with Crippen molar-refractivity contribution >= 4 is 16.0 Å². The number of Topliss-reactive ketones (excluding diaryl/α,β-unsaturated/α-hetero) is 1. The molecule has 0 aromatic heterocycles. The van der Waals surface area contributed by atoms with Gasteiger partial charge in [-0.05, 0) is 6.92 Å². The van der Waals surface area contributed by atoms with Gasteiger partial charge in [-0.15, -0.1) is 0 Å². The highest BCUT2D eigenvalue weighted by molar-refractivity contribution is 7.86. The van der Waals surface area contributed by atoms with Gasteiger partial charge in [0.1, 0.15) is 5.78 Å². The van der Waals surface area contributed by atoms with Gasteiger partial charge in [-0.25, -0.2) is 0 Å². The topological polar surface area (TPSA) is 60.9 Å². The molecule has 17 heavy (non-hydrogen) atoms. The van der Waals surface area contributed by atoms with Gasteiger partial charge in [-0.1, -0.05) is 0 Å². The molecule has 1 rings (SSSR count). The van der Waals surface area contributed by atoms with Crippen LogP contribution in [0.4, 0.5) is 0 Å². The van der Waals surface area contributed by atoms with Gasteiger partial charge in [-0.3, -0.25) is 4.79 Å². The molecule has 1 fully saturated rings. The molecule has 1 heterocycles. The van der Waals surface area contributed by atoms with E-state index >= 15 is 0 Å². The normalized spacial score (nSPS) is 19.8. The molecule has 100 valence electrons. The molecule has 1 aliphatic rings. The van der Waals surface area contributed by atoms with Crippen molar-refractivity contribution < 1.29 is 13.2 Å². The summed E-state index contributed by atoms with van der Waals surface area (Å²) < 4.78 is 26.4. The highest BCUT2D eigenvalue weighted by Crippen LogP contribution is 2.09. The lowest BCUT2D eigenvalue weighted by molar-refractivity contribution is -0.117. The monoisotopic (exact) mass is 263 g/mol. The van der Waals surface area contributed by atoms with E-state index in [1.54, 1.807) is 6.92 Å². The molecule has 0 saturated carbocycles. The first-order chi connectivity index (χ1) is 7.84. The van der Waals surface area contributed by atoms with E-state index in [9.17, 15) is 13.2 Å². The summed E-state index contributed by atoms with van der Waals surface area (Å²) in [4.78, 5) is 13.0. The average Bonchev–Trinajstić information content (AvgIpc) is 2.26. The summed E-state index contributed by atoms with van der Waals surface area (Å²) in [5, 5.41) is 0. The van der Waals surface area contributed by atoms with Crippen molar-refractivity contribution in [3.05, 3.63) is 0 Å². The van der Waals surface area contributed by atoms with E-state index < -0.39 is 10.2 Å². The van der Waals surface area contributed by atoms with Crippen LogP contribution in [0, 0.1) is 0 Å².